The smallest absolute Gasteiger partial charge is 0.251 e. The summed E-state index contributed by atoms with van der Waals surface area (Å²) in [7, 11) is 4.00. The summed E-state index contributed by atoms with van der Waals surface area (Å²) in [6.07, 6.45) is 7.32. The number of pyridine rings is 1. The molecule has 2 fully saturated rings. The number of piperidine rings is 1. The minimum Gasteiger partial charge on any atom is -0.378 e. The van der Waals surface area contributed by atoms with E-state index >= 15 is 0 Å². The maximum Gasteiger partial charge on any atom is 0.251 e. The van der Waals surface area contributed by atoms with Gasteiger partial charge in [0.05, 0.1) is 6.17 Å². The second kappa shape index (κ2) is 9.55. The first-order chi connectivity index (χ1) is 14.6. The van der Waals surface area contributed by atoms with E-state index in [4.69, 9.17) is 0 Å². The number of rotatable bonds is 6. The fraction of sp³-hybridized carbons (Fsp3) is 0.478. The van der Waals surface area contributed by atoms with E-state index in [1.807, 2.05) is 55.7 Å². The van der Waals surface area contributed by atoms with Gasteiger partial charge in [0.15, 0.2) is 0 Å². The van der Waals surface area contributed by atoms with Gasteiger partial charge in [-0.05, 0) is 80.2 Å². The number of benzene rings is 1. The summed E-state index contributed by atoms with van der Waals surface area (Å²) in [6, 6.07) is 12.2. The van der Waals surface area contributed by atoms with E-state index in [0.717, 1.165) is 50.1 Å². The number of nitrogens with zero attached hydrogens (tertiary/aromatic N) is 3. The number of anilines is 1. The van der Waals surface area contributed by atoms with E-state index in [0.29, 0.717) is 18.1 Å². The fourth-order valence-corrected chi connectivity index (χ4v) is 4.31. The summed E-state index contributed by atoms with van der Waals surface area (Å²) in [4.78, 5) is 21.1. The first-order valence-corrected chi connectivity index (χ1v) is 10.8. The average Bonchev–Trinajstić information content (AvgIpc) is 3.29. The van der Waals surface area contributed by atoms with Crippen LogP contribution in [0.2, 0.25) is 0 Å². The molecule has 2 aromatic rings. The van der Waals surface area contributed by atoms with Crippen molar-refractivity contribution in [3.05, 3.63) is 59.9 Å². The van der Waals surface area contributed by atoms with Crippen molar-refractivity contribution < 1.29 is 4.79 Å². The third-order valence-corrected chi connectivity index (χ3v) is 6.28. The summed E-state index contributed by atoms with van der Waals surface area (Å²) in [5.41, 5.74) is 9.97. The molecule has 2 atom stereocenters. The van der Waals surface area contributed by atoms with Gasteiger partial charge >= 0.3 is 0 Å². The van der Waals surface area contributed by atoms with Gasteiger partial charge in [-0.15, -0.1) is 0 Å². The molecule has 1 aromatic heterocycles. The van der Waals surface area contributed by atoms with Gasteiger partial charge in [-0.3, -0.25) is 14.7 Å². The lowest BCUT2D eigenvalue weighted by Crippen LogP contribution is -2.49. The Morgan fingerprint density at radius 2 is 1.80 bits per heavy atom. The highest BCUT2D eigenvalue weighted by molar-refractivity contribution is 5.94. The summed E-state index contributed by atoms with van der Waals surface area (Å²) in [5.74, 6) is 0.557. The number of likely N-dealkylation sites (tertiary alicyclic amines) is 1. The van der Waals surface area contributed by atoms with E-state index in [2.05, 4.69) is 38.2 Å². The number of amides is 1. The van der Waals surface area contributed by atoms with Crippen LogP contribution in [0, 0.1) is 5.92 Å². The zero-order chi connectivity index (χ0) is 20.9. The van der Waals surface area contributed by atoms with Crippen molar-refractivity contribution in [2.75, 3.05) is 38.6 Å². The molecule has 2 aliphatic rings. The van der Waals surface area contributed by atoms with Crippen LogP contribution < -0.4 is 21.1 Å². The minimum atomic E-state index is 0.0181. The lowest BCUT2D eigenvalue weighted by Gasteiger charge is -2.35. The van der Waals surface area contributed by atoms with Crippen LogP contribution in [0.15, 0.2) is 48.8 Å². The van der Waals surface area contributed by atoms with Gasteiger partial charge < -0.3 is 10.2 Å². The molecule has 1 aromatic carbocycles. The van der Waals surface area contributed by atoms with Crippen LogP contribution in [-0.4, -0.2) is 55.7 Å². The Bertz CT molecular complexity index is 817. The van der Waals surface area contributed by atoms with Crippen molar-refractivity contribution in [2.45, 2.75) is 31.5 Å². The Morgan fingerprint density at radius 1 is 1.10 bits per heavy atom. The number of hydrazine groups is 1. The SMILES string of the molecule is CN(C)c1ccc(C(=O)NCC2CCN(C3CC(c4ccncc4)NN3)CC2)cc1. The molecule has 0 bridgehead atoms. The van der Waals surface area contributed by atoms with Gasteiger partial charge in [0, 0.05) is 50.3 Å². The van der Waals surface area contributed by atoms with Crippen molar-refractivity contribution in [2.24, 2.45) is 5.92 Å². The zero-order valence-electron chi connectivity index (χ0n) is 17.8. The van der Waals surface area contributed by atoms with Gasteiger partial charge in [0.2, 0.25) is 0 Å². The van der Waals surface area contributed by atoms with E-state index < -0.39 is 0 Å². The molecule has 7 nitrogen and oxygen atoms in total. The molecule has 2 saturated heterocycles. The van der Waals surface area contributed by atoms with E-state index in [1.54, 1.807) is 0 Å². The van der Waals surface area contributed by atoms with Crippen molar-refractivity contribution in [3.8, 4) is 0 Å². The highest BCUT2D eigenvalue weighted by atomic mass is 16.1. The predicted octanol–water partition coefficient (Wildman–Crippen LogP) is 2.15. The zero-order valence-corrected chi connectivity index (χ0v) is 17.8. The molecule has 30 heavy (non-hydrogen) atoms. The number of carbonyl (C=O) groups is 1. The highest BCUT2D eigenvalue weighted by Crippen LogP contribution is 2.26. The maximum atomic E-state index is 12.5. The number of nitrogens with one attached hydrogen (secondary N) is 3. The minimum absolute atomic E-state index is 0.0181. The molecule has 3 N–H and O–H groups in total. The number of aromatic nitrogens is 1. The van der Waals surface area contributed by atoms with E-state index in [9.17, 15) is 4.79 Å². The van der Waals surface area contributed by atoms with Crippen LogP contribution in [0.25, 0.3) is 0 Å². The molecule has 7 heteroatoms. The Kier molecular flexibility index (Phi) is 6.62. The maximum absolute atomic E-state index is 12.5. The van der Waals surface area contributed by atoms with Gasteiger partial charge in [-0.25, -0.2) is 10.9 Å². The molecule has 2 unspecified atom stereocenters. The molecule has 1 amide bonds. The first-order valence-electron chi connectivity index (χ1n) is 10.8. The first kappa shape index (κ1) is 20.8. The summed E-state index contributed by atoms with van der Waals surface area (Å²) < 4.78 is 0. The molecule has 0 saturated carbocycles. The summed E-state index contributed by atoms with van der Waals surface area (Å²) >= 11 is 0. The Labute approximate surface area is 178 Å². The largest absolute Gasteiger partial charge is 0.378 e. The van der Waals surface area contributed by atoms with Crippen molar-refractivity contribution in [1.82, 2.24) is 26.1 Å². The van der Waals surface area contributed by atoms with Gasteiger partial charge in [-0.2, -0.15) is 0 Å². The number of hydrogen-bond donors (Lipinski definition) is 3. The third kappa shape index (κ3) is 4.98. The van der Waals surface area contributed by atoms with Crippen molar-refractivity contribution in [1.29, 1.82) is 0 Å². The normalized spacial score (nSPS) is 22.7. The van der Waals surface area contributed by atoms with Gasteiger partial charge in [0.1, 0.15) is 0 Å². The van der Waals surface area contributed by atoms with E-state index in [-0.39, 0.29) is 5.91 Å². The molecule has 3 heterocycles. The molecule has 0 aliphatic carbocycles. The number of carbonyl (C=O) groups excluding carboxylic acids is 1. The van der Waals surface area contributed by atoms with Crippen LogP contribution in [0.5, 0.6) is 0 Å². The van der Waals surface area contributed by atoms with Crippen LogP contribution in [-0.2, 0) is 0 Å². The fourth-order valence-electron chi connectivity index (χ4n) is 4.31. The standard InChI is InChI=1S/C23H32N6O/c1-28(2)20-5-3-19(4-6-20)23(30)25-16-17-9-13-29(14-10-17)22-15-21(26-27-22)18-7-11-24-12-8-18/h3-8,11-12,17,21-22,26-27H,9-10,13-16H2,1-2H3,(H,25,30). The lowest BCUT2D eigenvalue weighted by molar-refractivity contribution is 0.0914. The molecule has 160 valence electrons. The quantitative estimate of drug-likeness (QED) is 0.680. The molecule has 2 aliphatic heterocycles. The third-order valence-electron chi connectivity index (χ3n) is 6.28. The molecular formula is C23H32N6O. The number of hydrogen-bond acceptors (Lipinski definition) is 6. The lowest BCUT2D eigenvalue weighted by atomic mass is 9.95. The molecule has 0 spiro atoms. The monoisotopic (exact) mass is 408 g/mol. The summed E-state index contributed by atoms with van der Waals surface area (Å²) in [6.45, 7) is 2.86. The highest BCUT2D eigenvalue weighted by Gasteiger charge is 2.31. The summed E-state index contributed by atoms with van der Waals surface area (Å²) in [5, 5.41) is 3.13. The van der Waals surface area contributed by atoms with Gasteiger partial charge in [-0.1, -0.05) is 0 Å². The molecule has 0 radical (unpaired) electrons. The second-order valence-electron chi connectivity index (χ2n) is 8.50. The van der Waals surface area contributed by atoms with Crippen LogP contribution in [0.3, 0.4) is 0 Å². The van der Waals surface area contributed by atoms with Crippen molar-refractivity contribution >= 4 is 11.6 Å². The topological polar surface area (TPSA) is 72.5 Å². The van der Waals surface area contributed by atoms with Crippen LogP contribution >= 0.6 is 0 Å². The Morgan fingerprint density at radius 3 is 2.47 bits per heavy atom. The second-order valence-corrected chi connectivity index (χ2v) is 8.50. The van der Waals surface area contributed by atoms with Gasteiger partial charge in [0.25, 0.3) is 5.91 Å². The molecule has 4 rings (SSSR count). The van der Waals surface area contributed by atoms with Crippen LogP contribution in [0.4, 0.5) is 5.69 Å². The average molecular weight is 409 g/mol. The Hall–Kier alpha value is -2.48. The Balaban J connectivity index is 1.20. The molecular weight excluding hydrogens is 376 g/mol. The van der Waals surface area contributed by atoms with Crippen molar-refractivity contribution in [3.63, 3.8) is 0 Å². The van der Waals surface area contributed by atoms with Crippen LogP contribution in [0.1, 0.15) is 41.2 Å². The van der Waals surface area contributed by atoms with E-state index in [1.165, 1.54) is 5.56 Å². The predicted molar refractivity (Wildman–Crippen MR) is 119 cm³/mol.